The van der Waals surface area contributed by atoms with E-state index in [4.69, 9.17) is 11.6 Å². The Morgan fingerprint density at radius 1 is 1.37 bits per heavy atom. The number of carbonyl (C=O) groups is 1. The van der Waals surface area contributed by atoms with Crippen molar-refractivity contribution < 1.29 is 13.6 Å². The first kappa shape index (κ1) is 14.0. The monoisotopic (exact) mass is 301 g/mol. The van der Waals surface area contributed by atoms with Gasteiger partial charge in [-0.2, -0.15) is 0 Å². The summed E-state index contributed by atoms with van der Waals surface area (Å²) in [7, 11) is 0. The fourth-order valence-electron chi connectivity index (χ4n) is 1.58. The lowest BCUT2D eigenvalue weighted by atomic mass is 10.1. The van der Waals surface area contributed by atoms with E-state index < -0.39 is 17.5 Å². The van der Waals surface area contributed by atoms with Crippen LogP contribution in [0.3, 0.4) is 0 Å². The summed E-state index contributed by atoms with van der Waals surface area (Å²) in [5.41, 5.74) is -0.0797. The molecule has 0 saturated carbocycles. The fraction of sp³-hybridized carbons (Fsp3) is 0.154. The molecule has 1 N–H and O–H groups in total. The zero-order valence-electron chi connectivity index (χ0n) is 9.91. The Bertz CT molecular complexity index is 601. The van der Waals surface area contributed by atoms with Crippen LogP contribution >= 0.6 is 22.9 Å². The molecule has 1 atom stereocenters. The van der Waals surface area contributed by atoms with Crippen LogP contribution in [-0.4, -0.2) is 5.91 Å². The summed E-state index contributed by atoms with van der Waals surface area (Å²) in [4.78, 5) is 12.9. The predicted octanol–water partition coefficient (Wildman–Crippen LogP) is 4.17. The van der Waals surface area contributed by atoms with Crippen molar-refractivity contribution in [1.29, 1.82) is 0 Å². The van der Waals surface area contributed by atoms with Crippen molar-refractivity contribution in [2.75, 3.05) is 0 Å². The van der Waals surface area contributed by atoms with Crippen molar-refractivity contribution in [2.24, 2.45) is 0 Å². The van der Waals surface area contributed by atoms with E-state index in [9.17, 15) is 13.6 Å². The molecular formula is C13H10ClF2NOS. The Morgan fingerprint density at radius 2 is 2.05 bits per heavy atom. The zero-order chi connectivity index (χ0) is 14.0. The summed E-state index contributed by atoms with van der Waals surface area (Å²) in [5.74, 6) is -2.71. The average molecular weight is 302 g/mol. The van der Waals surface area contributed by atoms with Gasteiger partial charge in [-0.25, -0.2) is 8.78 Å². The molecule has 1 heterocycles. The lowest BCUT2D eigenvalue weighted by molar-refractivity contribution is 0.0940. The number of amides is 1. The Morgan fingerprint density at radius 3 is 2.68 bits per heavy atom. The van der Waals surface area contributed by atoms with Gasteiger partial charge < -0.3 is 5.32 Å². The molecule has 2 nitrogen and oxygen atoms in total. The molecule has 6 heteroatoms. The number of benzene rings is 1. The molecule has 2 rings (SSSR count). The summed E-state index contributed by atoms with van der Waals surface area (Å²) >= 11 is 7.24. The second-order valence-electron chi connectivity index (χ2n) is 3.96. The number of halogens is 3. The van der Waals surface area contributed by atoms with Gasteiger partial charge in [-0.3, -0.25) is 4.79 Å². The van der Waals surface area contributed by atoms with Gasteiger partial charge in [-0.15, -0.1) is 11.3 Å². The minimum atomic E-state index is -1.10. The molecule has 1 amide bonds. The molecule has 0 spiro atoms. The van der Waals surface area contributed by atoms with E-state index in [1.807, 2.05) is 17.5 Å². The van der Waals surface area contributed by atoms with E-state index in [2.05, 4.69) is 5.32 Å². The van der Waals surface area contributed by atoms with E-state index in [1.165, 1.54) is 11.3 Å². The highest BCUT2D eigenvalue weighted by Gasteiger charge is 2.17. The third kappa shape index (κ3) is 3.11. The molecule has 1 aromatic heterocycles. The molecule has 100 valence electrons. The van der Waals surface area contributed by atoms with Gasteiger partial charge in [0, 0.05) is 4.88 Å². The van der Waals surface area contributed by atoms with Gasteiger partial charge >= 0.3 is 0 Å². The summed E-state index contributed by atoms with van der Waals surface area (Å²) in [5, 5.41) is 4.46. The second kappa shape index (κ2) is 5.67. The van der Waals surface area contributed by atoms with E-state index in [-0.39, 0.29) is 16.6 Å². The first-order valence-corrected chi connectivity index (χ1v) is 6.73. The molecular weight excluding hydrogens is 292 g/mol. The van der Waals surface area contributed by atoms with Crippen LogP contribution in [0.4, 0.5) is 8.78 Å². The molecule has 0 fully saturated rings. The van der Waals surface area contributed by atoms with Crippen molar-refractivity contribution in [1.82, 2.24) is 5.32 Å². The minimum Gasteiger partial charge on any atom is -0.345 e. The number of thiophene rings is 1. The van der Waals surface area contributed by atoms with Crippen molar-refractivity contribution in [3.05, 3.63) is 56.7 Å². The lowest BCUT2D eigenvalue weighted by Crippen LogP contribution is -2.26. The molecule has 0 saturated heterocycles. The molecule has 0 aliphatic heterocycles. The Hall–Kier alpha value is -1.46. The Balaban J connectivity index is 2.19. The molecule has 19 heavy (non-hydrogen) atoms. The maximum atomic E-state index is 13.1. The molecule has 0 aliphatic rings. The largest absolute Gasteiger partial charge is 0.345 e. The first-order valence-electron chi connectivity index (χ1n) is 5.48. The van der Waals surface area contributed by atoms with Crippen LogP contribution in [0.5, 0.6) is 0 Å². The number of carbonyl (C=O) groups excluding carboxylic acids is 1. The zero-order valence-corrected chi connectivity index (χ0v) is 11.5. The van der Waals surface area contributed by atoms with Crippen LogP contribution in [0.15, 0.2) is 29.6 Å². The third-order valence-electron chi connectivity index (χ3n) is 2.57. The van der Waals surface area contributed by atoms with E-state index in [0.717, 1.165) is 17.0 Å². The van der Waals surface area contributed by atoms with Crippen LogP contribution in [0.1, 0.15) is 28.2 Å². The topological polar surface area (TPSA) is 29.1 Å². The molecule has 1 aromatic carbocycles. The lowest BCUT2D eigenvalue weighted by Gasteiger charge is -2.13. The minimum absolute atomic E-state index is 0.0797. The van der Waals surface area contributed by atoms with Gasteiger partial charge in [0.05, 0.1) is 16.6 Å². The molecule has 2 aromatic rings. The fourth-order valence-corrected chi connectivity index (χ4v) is 2.55. The van der Waals surface area contributed by atoms with Crippen LogP contribution in [-0.2, 0) is 0 Å². The molecule has 0 aliphatic carbocycles. The van der Waals surface area contributed by atoms with E-state index in [1.54, 1.807) is 6.92 Å². The molecule has 0 radical (unpaired) electrons. The van der Waals surface area contributed by atoms with Gasteiger partial charge in [0.25, 0.3) is 5.91 Å². The van der Waals surface area contributed by atoms with Crippen molar-refractivity contribution in [2.45, 2.75) is 13.0 Å². The predicted molar refractivity (Wildman–Crippen MR) is 71.6 cm³/mol. The second-order valence-corrected chi connectivity index (χ2v) is 5.34. The third-order valence-corrected chi connectivity index (χ3v) is 3.94. The average Bonchev–Trinajstić information content (AvgIpc) is 2.87. The maximum Gasteiger partial charge on any atom is 0.253 e. The number of rotatable bonds is 3. The SMILES string of the molecule is CC(NC(=O)c1cc(F)c(F)cc1Cl)c1cccs1. The van der Waals surface area contributed by atoms with Crippen molar-refractivity contribution in [3.63, 3.8) is 0 Å². The summed E-state index contributed by atoms with van der Waals surface area (Å²) in [6.07, 6.45) is 0. The molecule has 0 bridgehead atoms. The number of hydrogen-bond donors (Lipinski definition) is 1. The summed E-state index contributed by atoms with van der Waals surface area (Å²) < 4.78 is 26.0. The molecule has 1 unspecified atom stereocenters. The van der Waals surface area contributed by atoms with Gasteiger partial charge in [0.2, 0.25) is 0 Å². The number of nitrogens with one attached hydrogen (secondary N) is 1. The van der Waals surface area contributed by atoms with Crippen molar-refractivity contribution in [3.8, 4) is 0 Å². The van der Waals surface area contributed by atoms with E-state index in [0.29, 0.717) is 0 Å². The highest BCUT2D eigenvalue weighted by Crippen LogP contribution is 2.22. The maximum absolute atomic E-state index is 13.1. The van der Waals surface area contributed by atoms with Gasteiger partial charge in [-0.1, -0.05) is 17.7 Å². The van der Waals surface area contributed by atoms with Crippen LogP contribution < -0.4 is 5.32 Å². The number of hydrogen-bond acceptors (Lipinski definition) is 2. The van der Waals surface area contributed by atoms with Gasteiger partial charge in [-0.05, 0) is 30.5 Å². The van der Waals surface area contributed by atoms with Crippen molar-refractivity contribution >= 4 is 28.8 Å². The van der Waals surface area contributed by atoms with Crippen LogP contribution in [0.25, 0.3) is 0 Å². The Kier molecular flexibility index (Phi) is 4.17. The van der Waals surface area contributed by atoms with Gasteiger partial charge in [0.1, 0.15) is 0 Å². The highest BCUT2D eigenvalue weighted by atomic mass is 35.5. The van der Waals surface area contributed by atoms with Crippen LogP contribution in [0.2, 0.25) is 5.02 Å². The van der Waals surface area contributed by atoms with Crippen LogP contribution in [0, 0.1) is 11.6 Å². The quantitative estimate of drug-likeness (QED) is 0.847. The van der Waals surface area contributed by atoms with Gasteiger partial charge in [0.15, 0.2) is 11.6 Å². The highest BCUT2D eigenvalue weighted by molar-refractivity contribution is 7.10. The summed E-state index contributed by atoms with van der Waals surface area (Å²) in [6.45, 7) is 1.80. The Labute approximate surface area is 118 Å². The standard InChI is InChI=1S/C13H10ClF2NOS/c1-7(12-3-2-4-19-12)17-13(18)8-5-10(15)11(16)6-9(8)14/h2-7H,1H3,(H,17,18). The summed E-state index contributed by atoms with van der Waals surface area (Å²) in [6, 6.07) is 5.11. The smallest absolute Gasteiger partial charge is 0.253 e. The van der Waals surface area contributed by atoms with E-state index >= 15 is 0 Å². The first-order chi connectivity index (χ1) is 8.99. The normalized spacial score (nSPS) is 12.2.